The van der Waals surface area contributed by atoms with Gasteiger partial charge < -0.3 is 10.1 Å². The molecule has 0 heterocycles. The van der Waals surface area contributed by atoms with E-state index in [1.54, 1.807) is 7.11 Å². The van der Waals surface area contributed by atoms with Crippen molar-refractivity contribution in [2.24, 2.45) is 11.8 Å². The molecule has 0 aliphatic carbocycles. The SMILES string of the molecule is CNC(CN(CCOC)CC(C)C)C(C)C. The molecule has 16 heavy (non-hydrogen) atoms. The molecular formula is C13H30N2O. The van der Waals surface area contributed by atoms with E-state index in [-0.39, 0.29) is 0 Å². The molecule has 1 unspecified atom stereocenters. The second-order valence-corrected chi connectivity index (χ2v) is 5.29. The van der Waals surface area contributed by atoms with Crippen molar-refractivity contribution < 1.29 is 4.74 Å². The van der Waals surface area contributed by atoms with Gasteiger partial charge in [-0.1, -0.05) is 27.7 Å². The molecule has 0 fully saturated rings. The maximum Gasteiger partial charge on any atom is 0.0589 e. The molecule has 0 aromatic heterocycles. The Labute approximate surface area is 102 Å². The molecule has 3 nitrogen and oxygen atoms in total. The minimum absolute atomic E-state index is 0.565. The summed E-state index contributed by atoms with van der Waals surface area (Å²) in [7, 11) is 3.82. The highest BCUT2D eigenvalue weighted by atomic mass is 16.5. The quantitative estimate of drug-likeness (QED) is 0.654. The number of nitrogens with one attached hydrogen (secondary N) is 1. The molecule has 0 rings (SSSR count). The van der Waals surface area contributed by atoms with Gasteiger partial charge in [-0.05, 0) is 18.9 Å². The first-order valence-electron chi connectivity index (χ1n) is 6.39. The molecule has 0 aliphatic heterocycles. The molecule has 3 heteroatoms. The van der Waals surface area contributed by atoms with Crippen LogP contribution in [0.15, 0.2) is 0 Å². The van der Waals surface area contributed by atoms with Gasteiger partial charge in [0.25, 0.3) is 0 Å². The number of rotatable bonds is 9. The van der Waals surface area contributed by atoms with Crippen LogP contribution in [-0.4, -0.2) is 51.3 Å². The average Bonchev–Trinajstić information content (AvgIpc) is 2.20. The van der Waals surface area contributed by atoms with Crippen molar-refractivity contribution in [2.75, 3.05) is 40.4 Å². The molecular weight excluding hydrogens is 200 g/mol. The van der Waals surface area contributed by atoms with E-state index >= 15 is 0 Å². The summed E-state index contributed by atoms with van der Waals surface area (Å²) in [5.74, 6) is 1.38. The van der Waals surface area contributed by atoms with Gasteiger partial charge in [0.1, 0.15) is 0 Å². The first kappa shape index (κ1) is 15.9. The van der Waals surface area contributed by atoms with Crippen molar-refractivity contribution >= 4 is 0 Å². The molecule has 0 radical (unpaired) electrons. The van der Waals surface area contributed by atoms with Crippen LogP contribution < -0.4 is 5.32 Å². The Morgan fingerprint density at radius 2 is 1.75 bits per heavy atom. The smallest absolute Gasteiger partial charge is 0.0589 e. The Balaban J connectivity index is 4.15. The van der Waals surface area contributed by atoms with Crippen LogP contribution in [0, 0.1) is 11.8 Å². The maximum absolute atomic E-state index is 5.17. The van der Waals surface area contributed by atoms with Gasteiger partial charge in [-0.25, -0.2) is 0 Å². The normalized spacial score (nSPS) is 14.1. The van der Waals surface area contributed by atoms with Gasteiger partial charge in [0.2, 0.25) is 0 Å². The monoisotopic (exact) mass is 230 g/mol. The zero-order valence-electron chi connectivity index (χ0n) is 11.9. The highest BCUT2D eigenvalue weighted by molar-refractivity contribution is 4.74. The summed E-state index contributed by atoms with van der Waals surface area (Å²) in [6.45, 7) is 13.2. The van der Waals surface area contributed by atoms with Gasteiger partial charge in [-0.2, -0.15) is 0 Å². The number of ether oxygens (including phenoxy) is 1. The Morgan fingerprint density at radius 1 is 1.12 bits per heavy atom. The predicted molar refractivity (Wildman–Crippen MR) is 70.8 cm³/mol. The van der Waals surface area contributed by atoms with Crippen LogP contribution in [0.25, 0.3) is 0 Å². The number of methoxy groups -OCH3 is 1. The fourth-order valence-corrected chi connectivity index (χ4v) is 1.91. The number of hydrogen-bond acceptors (Lipinski definition) is 3. The maximum atomic E-state index is 5.17. The fourth-order valence-electron chi connectivity index (χ4n) is 1.91. The third kappa shape index (κ3) is 7.20. The van der Waals surface area contributed by atoms with Crippen molar-refractivity contribution in [3.05, 3.63) is 0 Å². The molecule has 0 aliphatic rings. The molecule has 0 saturated carbocycles. The van der Waals surface area contributed by atoms with Crippen LogP contribution in [0.1, 0.15) is 27.7 Å². The van der Waals surface area contributed by atoms with Crippen molar-refractivity contribution in [3.8, 4) is 0 Å². The van der Waals surface area contributed by atoms with Gasteiger partial charge in [0.05, 0.1) is 6.61 Å². The van der Waals surface area contributed by atoms with Gasteiger partial charge in [-0.15, -0.1) is 0 Å². The van der Waals surface area contributed by atoms with Crippen LogP contribution in [0.4, 0.5) is 0 Å². The van der Waals surface area contributed by atoms with E-state index in [2.05, 4.69) is 45.0 Å². The van der Waals surface area contributed by atoms with E-state index in [1.807, 2.05) is 0 Å². The largest absolute Gasteiger partial charge is 0.383 e. The van der Waals surface area contributed by atoms with Crippen molar-refractivity contribution in [1.82, 2.24) is 10.2 Å². The molecule has 0 saturated heterocycles. The number of hydrogen-bond donors (Lipinski definition) is 1. The minimum Gasteiger partial charge on any atom is -0.383 e. The molecule has 0 aromatic carbocycles. The zero-order chi connectivity index (χ0) is 12.6. The lowest BCUT2D eigenvalue weighted by molar-refractivity contribution is 0.128. The molecule has 0 amide bonds. The van der Waals surface area contributed by atoms with E-state index in [0.717, 1.165) is 26.2 Å². The summed E-state index contributed by atoms with van der Waals surface area (Å²) in [6.07, 6.45) is 0. The number of nitrogens with zero attached hydrogens (tertiary/aromatic N) is 1. The Bertz CT molecular complexity index is 160. The van der Waals surface area contributed by atoms with E-state index < -0.39 is 0 Å². The van der Waals surface area contributed by atoms with Crippen LogP contribution in [0.5, 0.6) is 0 Å². The second-order valence-electron chi connectivity index (χ2n) is 5.29. The summed E-state index contributed by atoms with van der Waals surface area (Å²) in [5, 5.41) is 3.40. The topological polar surface area (TPSA) is 24.5 Å². The summed E-state index contributed by atoms with van der Waals surface area (Å²) in [4.78, 5) is 2.50. The van der Waals surface area contributed by atoms with E-state index in [9.17, 15) is 0 Å². The molecule has 0 aromatic rings. The Kier molecular flexibility index (Phi) is 8.90. The highest BCUT2D eigenvalue weighted by Crippen LogP contribution is 2.06. The second kappa shape index (κ2) is 8.97. The average molecular weight is 230 g/mol. The Morgan fingerprint density at radius 3 is 2.12 bits per heavy atom. The number of likely N-dealkylation sites (N-methyl/N-ethyl adjacent to an activating group) is 1. The first-order chi connectivity index (χ1) is 7.51. The lowest BCUT2D eigenvalue weighted by Gasteiger charge is -2.30. The lowest BCUT2D eigenvalue weighted by Crippen LogP contribution is -2.44. The van der Waals surface area contributed by atoms with Crippen molar-refractivity contribution in [2.45, 2.75) is 33.7 Å². The summed E-state index contributed by atoms with van der Waals surface area (Å²) < 4.78 is 5.17. The van der Waals surface area contributed by atoms with E-state index in [4.69, 9.17) is 4.74 Å². The van der Waals surface area contributed by atoms with Crippen LogP contribution in [0.2, 0.25) is 0 Å². The van der Waals surface area contributed by atoms with E-state index in [1.165, 1.54) is 0 Å². The Hall–Kier alpha value is -0.120. The standard InChI is InChI=1S/C13H30N2O/c1-11(2)9-15(7-8-16-6)10-13(14-5)12(3)4/h11-14H,7-10H2,1-6H3. The van der Waals surface area contributed by atoms with Gasteiger partial charge in [0, 0.05) is 32.8 Å². The van der Waals surface area contributed by atoms with Gasteiger partial charge in [-0.3, -0.25) is 4.90 Å². The highest BCUT2D eigenvalue weighted by Gasteiger charge is 2.16. The fraction of sp³-hybridized carbons (Fsp3) is 1.00. The van der Waals surface area contributed by atoms with Gasteiger partial charge >= 0.3 is 0 Å². The van der Waals surface area contributed by atoms with Crippen LogP contribution in [-0.2, 0) is 4.74 Å². The predicted octanol–water partition coefficient (Wildman–Crippen LogP) is 1.83. The van der Waals surface area contributed by atoms with Crippen molar-refractivity contribution in [1.29, 1.82) is 0 Å². The van der Waals surface area contributed by atoms with Crippen LogP contribution in [0.3, 0.4) is 0 Å². The minimum atomic E-state index is 0.565. The summed E-state index contributed by atoms with van der Waals surface area (Å²) in [6, 6.07) is 0.565. The lowest BCUT2D eigenvalue weighted by atomic mass is 10.0. The first-order valence-corrected chi connectivity index (χ1v) is 6.39. The van der Waals surface area contributed by atoms with Crippen molar-refractivity contribution in [3.63, 3.8) is 0 Å². The summed E-state index contributed by atoms with van der Waals surface area (Å²) >= 11 is 0. The van der Waals surface area contributed by atoms with Gasteiger partial charge in [0.15, 0.2) is 0 Å². The summed E-state index contributed by atoms with van der Waals surface area (Å²) in [5.41, 5.74) is 0. The molecule has 1 N–H and O–H groups in total. The molecule has 1 atom stereocenters. The van der Waals surface area contributed by atoms with Crippen LogP contribution >= 0.6 is 0 Å². The third-order valence-electron chi connectivity index (χ3n) is 2.87. The zero-order valence-corrected chi connectivity index (χ0v) is 11.9. The third-order valence-corrected chi connectivity index (χ3v) is 2.87. The van der Waals surface area contributed by atoms with E-state index in [0.29, 0.717) is 17.9 Å². The molecule has 98 valence electrons. The molecule has 0 bridgehead atoms. The molecule has 0 spiro atoms.